The Balaban J connectivity index is 0.979. The van der Waals surface area contributed by atoms with Crippen molar-refractivity contribution in [3.8, 4) is 11.1 Å². The summed E-state index contributed by atoms with van der Waals surface area (Å²) in [6.45, 7) is 1.28. The normalized spacial score (nSPS) is 13.6. The van der Waals surface area contributed by atoms with Gasteiger partial charge in [-0.05, 0) is 58.7 Å². The van der Waals surface area contributed by atoms with Gasteiger partial charge in [0.05, 0.1) is 23.2 Å². The standard InChI is InChI=1S/C40H31F2N5O/c41-35-20-29(31-21-36(42)39-44-22-33(47(39)23-31)19-26-13-16-37-30(18-26)12-7-17-43-37)14-15-34(35)40(48)45-32-24-46(25-32)38(27-8-3-1-4-9-27)28-10-5-2-6-11-28/h1-18,20-23,32,38H,19,24-25H2,(H,45,48). The van der Waals surface area contributed by atoms with Crippen LogP contribution in [-0.2, 0) is 6.42 Å². The third-order valence-corrected chi connectivity index (χ3v) is 9.08. The Morgan fingerprint density at radius 3 is 2.25 bits per heavy atom. The summed E-state index contributed by atoms with van der Waals surface area (Å²) in [5.41, 5.74) is 6.19. The van der Waals surface area contributed by atoms with Crippen LogP contribution in [0.2, 0.25) is 0 Å². The maximum Gasteiger partial charge on any atom is 0.254 e. The smallest absolute Gasteiger partial charge is 0.254 e. The van der Waals surface area contributed by atoms with Gasteiger partial charge in [0.15, 0.2) is 11.5 Å². The van der Waals surface area contributed by atoms with Gasteiger partial charge < -0.3 is 9.72 Å². The maximum absolute atomic E-state index is 15.5. The van der Waals surface area contributed by atoms with Crippen LogP contribution < -0.4 is 5.32 Å². The van der Waals surface area contributed by atoms with Crippen LogP contribution in [0, 0.1) is 11.6 Å². The molecule has 236 valence electrons. The van der Waals surface area contributed by atoms with Crippen LogP contribution in [0.25, 0.3) is 27.7 Å². The van der Waals surface area contributed by atoms with E-state index in [1.54, 1.807) is 29.1 Å². The van der Waals surface area contributed by atoms with Crippen LogP contribution in [0.15, 0.2) is 134 Å². The second kappa shape index (κ2) is 12.5. The maximum atomic E-state index is 15.5. The quantitative estimate of drug-likeness (QED) is 0.187. The number of aromatic nitrogens is 3. The molecule has 1 aliphatic heterocycles. The number of benzene rings is 4. The molecule has 3 aromatic heterocycles. The fraction of sp³-hybridized carbons (Fsp3) is 0.125. The topological polar surface area (TPSA) is 62.5 Å². The van der Waals surface area contributed by atoms with Crippen molar-refractivity contribution in [3.63, 3.8) is 0 Å². The number of nitrogens with one attached hydrogen (secondary N) is 1. The van der Waals surface area contributed by atoms with Gasteiger partial charge in [-0.2, -0.15) is 0 Å². The number of nitrogens with zero attached hydrogens (tertiary/aromatic N) is 4. The largest absolute Gasteiger partial charge is 0.347 e. The number of fused-ring (bicyclic) bond motifs is 2. The van der Waals surface area contributed by atoms with E-state index in [4.69, 9.17) is 0 Å². The number of pyridine rings is 2. The molecule has 7 aromatic rings. The molecular weight excluding hydrogens is 604 g/mol. The second-order valence-corrected chi connectivity index (χ2v) is 12.3. The summed E-state index contributed by atoms with van der Waals surface area (Å²) < 4.78 is 32.4. The lowest BCUT2D eigenvalue weighted by molar-refractivity contribution is 0.0715. The lowest BCUT2D eigenvalue weighted by atomic mass is 9.93. The minimum Gasteiger partial charge on any atom is -0.347 e. The molecule has 0 spiro atoms. The average molecular weight is 636 g/mol. The van der Waals surface area contributed by atoms with Crippen LogP contribution in [0.4, 0.5) is 8.78 Å². The first-order valence-electron chi connectivity index (χ1n) is 15.9. The van der Waals surface area contributed by atoms with Gasteiger partial charge in [-0.15, -0.1) is 0 Å². The average Bonchev–Trinajstić information content (AvgIpc) is 3.51. The minimum absolute atomic E-state index is 0.0458. The van der Waals surface area contributed by atoms with Gasteiger partial charge in [0.2, 0.25) is 0 Å². The zero-order valence-corrected chi connectivity index (χ0v) is 25.9. The van der Waals surface area contributed by atoms with Gasteiger partial charge >= 0.3 is 0 Å². The molecule has 0 saturated carbocycles. The highest BCUT2D eigenvalue weighted by atomic mass is 19.1. The van der Waals surface area contributed by atoms with Crippen LogP contribution in [-0.4, -0.2) is 44.3 Å². The summed E-state index contributed by atoms with van der Waals surface area (Å²) in [6, 6.07) is 36.2. The first-order valence-corrected chi connectivity index (χ1v) is 15.9. The predicted octanol–water partition coefficient (Wildman–Crippen LogP) is 7.62. The number of halogens is 2. The van der Waals surface area contributed by atoms with Gasteiger partial charge in [0, 0.05) is 54.7 Å². The van der Waals surface area contributed by atoms with E-state index in [0.29, 0.717) is 30.6 Å². The lowest BCUT2D eigenvalue weighted by Gasteiger charge is -2.45. The first kappa shape index (κ1) is 29.7. The highest BCUT2D eigenvalue weighted by molar-refractivity contribution is 5.95. The highest BCUT2D eigenvalue weighted by Crippen LogP contribution is 2.32. The van der Waals surface area contributed by atoms with Crippen LogP contribution in [0.1, 0.15) is 38.8 Å². The molecule has 48 heavy (non-hydrogen) atoms. The molecule has 1 fully saturated rings. The van der Waals surface area contributed by atoms with Crippen molar-refractivity contribution < 1.29 is 13.6 Å². The first-order chi connectivity index (χ1) is 23.5. The van der Waals surface area contributed by atoms with Gasteiger partial charge in [0.25, 0.3) is 5.91 Å². The zero-order chi connectivity index (χ0) is 32.6. The SMILES string of the molecule is O=C(NC1CN(C(c2ccccc2)c2ccccc2)C1)c1ccc(-c2cc(F)c3ncc(Cc4ccc5ncccc5c4)n3c2)cc1F. The number of amides is 1. The van der Waals surface area contributed by atoms with E-state index in [9.17, 15) is 4.79 Å². The molecule has 4 heterocycles. The Morgan fingerprint density at radius 1 is 0.792 bits per heavy atom. The van der Waals surface area contributed by atoms with Crippen molar-refractivity contribution in [2.24, 2.45) is 0 Å². The number of imidazole rings is 1. The number of rotatable bonds is 8. The Kier molecular flexibility index (Phi) is 7.70. The highest BCUT2D eigenvalue weighted by Gasteiger charge is 2.35. The number of carbonyl (C=O) groups excluding carboxylic acids is 1. The summed E-state index contributed by atoms with van der Waals surface area (Å²) in [6.07, 6.45) is 5.71. The van der Waals surface area contributed by atoms with Gasteiger partial charge in [-0.25, -0.2) is 13.8 Å². The summed E-state index contributed by atoms with van der Waals surface area (Å²) in [4.78, 5) is 24.2. The molecule has 8 heteroatoms. The van der Waals surface area contributed by atoms with E-state index in [0.717, 1.165) is 22.2 Å². The third kappa shape index (κ3) is 5.71. The van der Waals surface area contributed by atoms with E-state index in [1.165, 1.54) is 29.3 Å². The molecule has 8 rings (SSSR count). The Morgan fingerprint density at radius 2 is 1.52 bits per heavy atom. The van der Waals surface area contributed by atoms with Crippen molar-refractivity contribution in [1.82, 2.24) is 24.6 Å². The number of hydrogen-bond acceptors (Lipinski definition) is 4. The zero-order valence-electron chi connectivity index (χ0n) is 25.9. The molecule has 0 bridgehead atoms. The predicted molar refractivity (Wildman–Crippen MR) is 183 cm³/mol. The van der Waals surface area contributed by atoms with Gasteiger partial charge in [0.1, 0.15) is 5.82 Å². The monoisotopic (exact) mass is 635 g/mol. The molecule has 0 aliphatic carbocycles. The Bertz CT molecular complexity index is 2230. The second-order valence-electron chi connectivity index (χ2n) is 12.3. The molecule has 1 amide bonds. The van der Waals surface area contributed by atoms with E-state index in [2.05, 4.69) is 50.5 Å². The van der Waals surface area contributed by atoms with Crippen molar-refractivity contribution in [3.05, 3.63) is 173 Å². The Labute approximate surface area is 276 Å². The fourth-order valence-electron chi connectivity index (χ4n) is 6.67. The summed E-state index contributed by atoms with van der Waals surface area (Å²) in [5.74, 6) is -1.64. The van der Waals surface area contributed by atoms with Crippen LogP contribution in [0.5, 0.6) is 0 Å². The summed E-state index contributed by atoms with van der Waals surface area (Å²) in [5, 5.41) is 4.02. The summed E-state index contributed by atoms with van der Waals surface area (Å²) >= 11 is 0. The molecule has 4 aromatic carbocycles. The van der Waals surface area contributed by atoms with Crippen molar-refractivity contribution in [2.45, 2.75) is 18.5 Å². The van der Waals surface area contributed by atoms with E-state index >= 15 is 8.78 Å². The summed E-state index contributed by atoms with van der Waals surface area (Å²) in [7, 11) is 0. The molecule has 0 unspecified atom stereocenters. The van der Waals surface area contributed by atoms with E-state index < -0.39 is 17.5 Å². The van der Waals surface area contributed by atoms with Crippen LogP contribution >= 0.6 is 0 Å². The van der Waals surface area contributed by atoms with Crippen molar-refractivity contribution in [2.75, 3.05) is 13.1 Å². The molecule has 1 aliphatic rings. The molecule has 0 radical (unpaired) electrons. The van der Waals surface area contributed by atoms with Gasteiger partial charge in [-0.1, -0.05) is 78.9 Å². The number of hydrogen-bond donors (Lipinski definition) is 1. The molecule has 1 N–H and O–H groups in total. The van der Waals surface area contributed by atoms with E-state index in [-0.39, 0.29) is 23.3 Å². The molecule has 0 atom stereocenters. The number of likely N-dealkylation sites (tertiary alicyclic amines) is 1. The number of carbonyl (C=O) groups is 1. The Hall–Kier alpha value is -5.73. The lowest BCUT2D eigenvalue weighted by Crippen LogP contribution is -2.60. The van der Waals surface area contributed by atoms with E-state index in [1.807, 2.05) is 60.7 Å². The van der Waals surface area contributed by atoms with Crippen LogP contribution in [0.3, 0.4) is 0 Å². The molecule has 1 saturated heterocycles. The third-order valence-electron chi connectivity index (χ3n) is 9.08. The fourth-order valence-corrected chi connectivity index (χ4v) is 6.67. The molecular formula is C40H31F2N5O. The minimum atomic E-state index is -0.663. The molecule has 6 nitrogen and oxygen atoms in total. The van der Waals surface area contributed by atoms with Crippen molar-refractivity contribution >= 4 is 22.5 Å². The van der Waals surface area contributed by atoms with Gasteiger partial charge in [-0.3, -0.25) is 14.7 Å². The van der Waals surface area contributed by atoms with Crippen molar-refractivity contribution in [1.29, 1.82) is 0 Å².